The number of alkyl halides is 1. The Morgan fingerprint density at radius 3 is 2.81 bits per heavy atom. The van der Waals surface area contributed by atoms with Crippen LogP contribution in [0.2, 0.25) is 0 Å². The van der Waals surface area contributed by atoms with E-state index in [1.54, 1.807) is 0 Å². The molecule has 0 aromatic rings. The molecule has 0 radical (unpaired) electrons. The lowest BCUT2D eigenvalue weighted by molar-refractivity contribution is -0.156. The van der Waals surface area contributed by atoms with E-state index in [4.69, 9.17) is 14.5 Å². The quantitative estimate of drug-likeness (QED) is 0.518. The van der Waals surface area contributed by atoms with Gasteiger partial charge in [-0.3, -0.25) is 4.52 Å². The first-order chi connectivity index (χ1) is 7.38. The molecular weight excluding hydrogens is 246 g/mol. The summed E-state index contributed by atoms with van der Waals surface area (Å²) in [5.41, 5.74) is 0. The van der Waals surface area contributed by atoms with Crippen molar-refractivity contribution in [2.75, 3.05) is 19.8 Å². The van der Waals surface area contributed by atoms with E-state index in [0.717, 1.165) is 0 Å². The van der Waals surface area contributed by atoms with Crippen LogP contribution in [0.25, 0.3) is 0 Å². The highest BCUT2D eigenvalue weighted by Gasteiger charge is 2.28. The number of ether oxygens (including phenoxy) is 2. The average molecular weight is 258 g/mol. The number of hydrogen-bond donors (Lipinski definition) is 2. The summed E-state index contributed by atoms with van der Waals surface area (Å²) in [6.45, 7) is -0.387. The van der Waals surface area contributed by atoms with E-state index in [1.165, 1.54) is 0 Å². The zero-order valence-electron chi connectivity index (χ0n) is 8.24. The van der Waals surface area contributed by atoms with Gasteiger partial charge in [-0.1, -0.05) is 0 Å². The van der Waals surface area contributed by atoms with Gasteiger partial charge in [-0.15, -0.1) is 0 Å². The molecule has 1 fully saturated rings. The van der Waals surface area contributed by atoms with Gasteiger partial charge in [0, 0.05) is 6.42 Å². The van der Waals surface area contributed by atoms with Crippen molar-refractivity contribution in [2.24, 2.45) is 0 Å². The number of hydrogen-bond acceptors (Lipinski definition) is 5. The molecule has 0 aromatic carbocycles. The maximum absolute atomic E-state index is 13.0. The van der Waals surface area contributed by atoms with Gasteiger partial charge in [-0.25, -0.2) is 13.8 Å². The van der Waals surface area contributed by atoms with E-state index >= 15 is 0 Å². The summed E-state index contributed by atoms with van der Waals surface area (Å²) < 4.78 is 36.6. The molecule has 0 saturated carbocycles. The monoisotopic (exact) mass is 258 g/mol. The number of rotatable bonds is 5. The van der Waals surface area contributed by atoms with Crippen molar-refractivity contribution in [3.63, 3.8) is 0 Å². The molecule has 9 heteroatoms. The van der Waals surface area contributed by atoms with Crippen LogP contribution in [0.1, 0.15) is 6.42 Å². The van der Waals surface area contributed by atoms with Crippen LogP contribution in [-0.4, -0.2) is 47.9 Å². The van der Waals surface area contributed by atoms with E-state index in [-0.39, 0.29) is 6.61 Å². The van der Waals surface area contributed by atoms with Crippen molar-refractivity contribution in [2.45, 2.75) is 18.7 Å². The predicted molar refractivity (Wildman–Crippen MR) is 48.2 cm³/mol. The first-order valence-electron chi connectivity index (χ1n) is 4.51. The Bertz CT molecular complexity index is 284. The normalized spacial score (nSPS) is 23.1. The molecule has 1 heterocycles. The van der Waals surface area contributed by atoms with Crippen molar-refractivity contribution in [3.05, 3.63) is 0 Å². The fourth-order valence-corrected chi connectivity index (χ4v) is 1.40. The number of halogens is 1. The van der Waals surface area contributed by atoms with Gasteiger partial charge in [0.2, 0.25) is 6.17 Å². The molecule has 94 valence electrons. The Kier molecular flexibility index (Phi) is 4.82. The van der Waals surface area contributed by atoms with Gasteiger partial charge >= 0.3 is 13.8 Å². The van der Waals surface area contributed by atoms with Gasteiger partial charge in [0.05, 0.1) is 13.2 Å². The average Bonchev–Trinajstić information content (AvgIpc) is 2.65. The van der Waals surface area contributed by atoms with Crippen LogP contribution in [0.3, 0.4) is 0 Å². The Hall–Kier alpha value is -0.530. The summed E-state index contributed by atoms with van der Waals surface area (Å²) in [6.07, 6.45) is -2.23. The molecule has 16 heavy (non-hydrogen) atoms. The second-order valence-corrected chi connectivity index (χ2v) is 4.42. The summed E-state index contributed by atoms with van der Waals surface area (Å²) in [7, 11) is -4.77. The fraction of sp³-hybridized carbons (Fsp3) is 0.857. The maximum Gasteiger partial charge on any atom is 0.469 e. The van der Waals surface area contributed by atoms with Gasteiger partial charge in [0.1, 0.15) is 12.7 Å². The van der Waals surface area contributed by atoms with Crippen molar-refractivity contribution < 1.29 is 37.5 Å². The van der Waals surface area contributed by atoms with Gasteiger partial charge in [0.25, 0.3) is 0 Å². The minimum Gasteiger partial charge on any atom is -0.458 e. The van der Waals surface area contributed by atoms with Crippen LogP contribution in [-0.2, 0) is 23.4 Å². The van der Waals surface area contributed by atoms with Crippen molar-refractivity contribution in [1.82, 2.24) is 0 Å². The number of carbonyl (C=O) groups is 1. The number of phosphoric acid groups is 1. The molecule has 2 N–H and O–H groups in total. The zero-order valence-corrected chi connectivity index (χ0v) is 9.14. The third-order valence-electron chi connectivity index (χ3n) is 1.82. The third-order valence-corrected chi connectivity index (χ3v) is 2.30. The molecule has 1 rings (SSSR count). The van der Waals surface area contributed by atoms with Gasteiger partial charge < -0.3 is 19.3 Å². The molecule has 0 spiro atoms. The number of esters is 1. The topological polar surface area (TPSA) is 102 Å². The molecule has 0 aliphatic carbocycles. The minimum atomic E-state index is -4.77. The predicted octanol–water partition coefficient (Wildman–Crippen LogP) is -0.234. The van der Waals surface area contributed by atoms with Crippen molar-refractivity contribution in [1.29, 1.82) is 0 Å². The lowest BCUT2D eigenvalue weighted by Gasteiger charge is -2.13. The van der Waals surface area contributed by atoms with E-state index in [2.05, 4.69) is 9.26 Å². The molecule has 1 aliphatic rings. The molecular formula is C7H12FO7P. The Morgan fingerprint density at radius 1 is 1.62 bits per heavy atom. The summed E-state index contributed by atoms with van der Waals surface area (Å²) in [4.78, 5) is 27.6. The first-order valence-corrected chi connectivity index (χ1v) is 6.04. The Balaban J connectivity index is 2.27. The Labute approximate surface area is 90.7 Å². The SMILES string of the molecule is O=C(OC1CCOC1)C(F)COP(=O)(O)O. The maximum atomic E-state index is 13.0. The molecule has 2 atom stereocenters. The Morgan fingerprint density at radius 2 is 2.31 bits per heavy atom. The molecule has 0 bridgehead atoms. The smallest absolute Gasteiger partial charge is 0.458 e. The van der Waals surface area contributed by atoms with E-state index in [9.17, 15) is 13.8 Å². The standard InChI is InChI=1S/C7H12FO7P/c8-6(4-14-16(10,11)12)7(9)15-5-1-2-13-3-5/h5-6H,1-4H2,(H2,10,11,12). The number of phosphoric ester groups is 1. The van der Waals surface area contributed by atoms with Crippen LogP contribution in [0, 0.1) is 0 Å². The molecule has 1 aliphatic heterocycles. The molecule has 0 amide bonds. The van der Waals surface area contributed by atoms with Crippen LogP contribution < -0.4 is 0 Å². The molecule has 1 saturated heterocycles. The highest BCUT2D eigenvalue weighted by molar-refractivity contribution is 7.46. The van der Waals surface area contributed by atoms with Crippen LogP contribution in [0.5, 0.6) is 0 Å². The summed E-state index contributed by atoms with van der Waals surface area (Å²) in [5, 5.41) is 0. The zero-order chi connectivity index (χ0) is 12.2. The molecule has 7 nitrogen and oxygen atoms in total. The lowest BCUT2D eigenvalue weighted by atomic mass is 10.3. The highest BCUT2D eigenvalue weighted by Crippen LogP contribution is 2.35. The second kappa shape index (κ2) is 5.70. The summed E-state index contributed by atoms with van der Waals surface area (Å²) in [6, 6.07) is 0. The van der Waals surface area contributed by atoms with Crippen molar-refractivity contribution in [3.8, 4) is 0 Å². The first kappa shape index (κ1) is 13.5. The minimum absolute atomic E-state index is 0.206. The van der Waals surface area contributed by atoms with Gasteiger partial charge in [0.15, 0.2) is 0 Å². The van der Waals surface area contributed by atoms with E-state index < -0.39 is 32.7 Å². The molecule has 0 aromatic heterocycles. The second-order valence-electron chi connectivity index (χ2n) is 3.18. The van der Waals surface area contributed by atoms with Gasteiger partial charge in [-0.2, -0.15) is 0 Å². The van der Waals surface area contributed by atoms with Gasteiger partial charge in [-0.05, 0) is 0 Å². The highest BCUT2D eigenvalue weighted by atomic mass is 31.2. The summed E-state index contributed by atoms with van der Waals surface area (Å²) in [5.74, 6) is -1.20. The number of carbonyl (C=O) groups excluding carboxylic acids is 1. The summed E-state index contributed by atoms with van der Waals surface area (Å²) >= 11 is 0. The van der Waals surface area contributed by atoms with E-state index in [1.807, 2.05) is 0 Å². The van der Waals surface area contributed by atoms with Crippen LogP contribution in [0.15, 0.2) is 0 Å². The third kappa shape index (κ3) is 5.00. The fourth-order valence-electron chi connectivity index (χ4n) is 1.07. The van der Waals surface area contributed by atoms with Crippen LogP contribution in [0.4, 0.5) is 4.39 Å². The van der Waals surface area contributed by atoms with Crippen molar-refractivity contribution >= 4 is 13.8 Å². The van der Waals surface area contributed by atoms with Crippen LogP contribution >= 0.6 is 7.82 Å². The van der Waals surface area contributed by atoms with E-state index in [0.29, 0.717) is 13.0 Å². The lowest BCUT2D eigenvalue weighted by Crippen LogP contribution is -2.28. The molecule has 2 unspecified atom stereocenters. The largest absolute Gasteiger partial charge is 0.469 e.